The number of hydrogen-bond donors (Lipinski definition) is 2. The Kier molecular flexibility index (Phi) is 4.07. The van der Waals surface area contributed by atoms with Gasteiger partial charge in [-0.05, 0) is 18.2 Å². The molecular weight excluding hydrogens is 268 g/mol. The highest BCUT2D eigenvalue weighted by molar-refractivity contribution is 7.89. The van der Waals surface area contributed by atoms with E-state index in [0.717, 1.165) is 6.07 Å². The van der Waals surface area contributed by atoms with Gasteiger partial charge in [0.05, 0.1) is 15.5 Å². The van der Waals surface area contributed by atoms with Crippen molar-refractivity contribution in [1.82, 2.24) is 4.72 Å². The van der Waals surface area contributed by atoms with Crippen LogP contribution in [-0.4, -0.2) is 26.0 Å². The first-order valence-corrected chi connectivity index (χ1v) is 6.14. The van der Waals surface area contributed by atoms with Crippen molar-refractivity contribution in [3.63, 3.8) is 0 Å². The van der Waals surface area contributed by atoms with Gasteiger partial charge in [-0.1, -0.05) is 11.6 Å². The summed E-state index contributed by atoms with van der Waals surface area (Å²) in [6.07, 6.45) is 0. The number of carbonyl (C=O) groups is 1. The Balaban J connectivity index is 3.05. The van der Waals surface area contributed by atoms with Gasteiger partial charge in [0.25, 0.3) is 0 Å². The van der Waals surface area contributed by atoms with Crippen LogP contribution >= 0.6 is 11.6 Å². The molecule has 0 fully saturated rings. The molecule has 0 saturated carbocycles. The van der Waals surface area contributed by atoms with Crippen molar-refractivity contribution in [3.05, 3.63) is 28.8 Å². The summed E-state index contributed by atoms with van der Waals surface area (Å²) in [6, 6.07) is 5.29. The molecule has 0 amide bonds. The van der Waals surface area contributed by atoms with E-state index in [1.807, 2.05) is 4.72 Å². The average Bonchev–Trinajstić information content (AvgIpc) is 2.26. The number of halogens is 1. The van der Waals surface area contributed by atoms with Crippen LogP contribution in [0.25, 0.3) is 0 Å². The number of nitrogens with zero attached hydrogens (tertiary/aromatic N) is 1. The first-order valence-electron chi connectivity index (χ1n) is 4.28. The van der Waals surface area contributed by atoms with Crippen LogP contribution in [-0.2, 0) is 14.8 Å². The maximum atomic E-state index is 11.6. The van der Waals surface area contributed by atoms with Crippen molar-refractivity contribution in [2.45, 2.75) is 4.90 Å². The second-order valence-corrected chi connectivity index (χ2v) is 5.15. The van der Waals surface area contributed by atoms with Crippen molar-refractivity contribution in [3.8, 4) is 6.07 Å². The quantitative estimate of drug-likeness (QED) is 0.835. The molecule has 0 atom stereocenters. The fourth-order valence-corrected chi connectivity index (χ4v) is 2.28. The van der Waals surface area contributed by atoms with Gasteiger partial charge in [0.1, 0.15) is 12.6 Å². The van der Waals surface area contributed by atoms with Crippen molar-refractivity contribution >= 4 is 27.6 Å². The first-order chi connectivity index (χ1) is 7.86. The number of rotatable bonds is 4. The number of nitrogens with one attached hydrogen (secondary N) is 1. The van der Waals surface area contributed by atoms with Crippen molar-refractivity contribution < 1.29 is 18.3 Å². The lowest BCUT2D eigenvalue weighted by atomic mass is 10.2. The van der Waals surface area contributed by atoms with E-state index in [0.29, 0.717) is 0 Å². The van der Waals surface area contributed by atoms with Crippen LogP contribution in [0.3, 0.4) is 0 Å². The maximum absolute atomic E-state index is 11.6. The van der Waals surface area contributed by atoms with Gasteiger partial charge in [-0.25, -0.2) is 8.42 Å². The minimum absolute atomic E-state index is 0.00861. The maximum Gasteiger partial charge on any atom is 0.318 e. The van der Waals surface area contributed by atoms with Crippen LogP contribution in [0.2, 0.25) is 5.02 Å². The third kappa shape index (κ3) is 3.42. The molecule has 8 heteroatoms. The fourth-order valence-electron chi connectivity index (χ4n) is 0.994. The minimum Gasteiger partial charge on any atom is -0.480 e. The van der Waals surface area contributed by atoms with Crippen molar-refractivity contribution in [2.75, 3.05) is 6.54 Å². The van der Waals surface area contributed by atoms with Crippen LogP contribution in [0.5, 0.6) is 0 Å². The number of carboxylic acids is 1. The van der Waals surface area contributed by atoms with Crippen LogP contribution in [0, 0.1) is 11.3 Å². The Hall–Kier alpha value is -1.62. The molecule has 1 aromatic carbocycles. The third-order valence-corrected chi connectivity index (χ3v) is 3.50. The molecule has 0 aliphatic heterocycles. The standard InChI is InChI=1S/C9H7ClN2O4S/c10-8-3-7(2-1-6(8)4-11)17(15,16)12-5-9(13)14/h1-3,12H,5H2,(H,13,14). The normalized spacial score (nSPS) is 10.8. The molecule has 2 N–H and O–H groups in total. The number of nitriles is 1. The van der Waals surface area contributed by atoms with Crippen LogP contribution in [0.4, 0.5) is 0 Å². The summed E-state index contributed by atoms with van der Waals surface area (Å²) in [7, 11) is -3.93. The Bertz CT molecular complexity index is 592. The molecule has 1 aromatic rings. The lowest BCUT2D eigenvalue weighted by molar-refractivity contribution is -0.135. The zero-order chi connectivity index (χ0) is 13.1. The van der Waals surface area contributed by atoms with Gasteiger partial charge in [0.2, 0.25) is 10.0 Å². The molecule has 0 radical (unpaired) electrons. The van der Waals surface area contributed by atoms with Crippen molar-refractivity contribution in [1.29, 1.82) is 5.26 Å². The van der Waals surface area contributed by atoms with E-state index in [1.165, 1.54) is 12.1 Å². The molecule has 0 aliphatic carbocycles. The first kappa shape index (κ1) is 13.4. The molecule has 6 nitrogen and oxygen atoms in total. The van der Waals surface area contributed by atoms with E-state index in [1.54, 1.807) is 6.07 Å². The van der Waals surface area contributed by atoms with E-state index in [9.17, 15) is 13.2 Å². The third-order valence-electron chi connectivity index (χ3n) is 1.78. The predicted octanol–water partition coefficient (Wildman–Crippen LogP) is 0.575. The van der Waals surface area contributed by atoms with Crippen molar-refractivity contribution in [2.24, 2.45) is 0 Å². The van der Waals surface area contributed by atoms with Crippen LogP contribution in [0.1, 0.15) is 5.56 Å². The Labute approximate surface area is 102 Å². The van der Waals surface area contributed by atoms with Gasteiger partial charge in [-0.3, -0.25) is 4.79 Å². The number of hydrogen-bond acceptors (Lipinski definition) is 4. The molecule has 1 rings (SSSR count). The molecule has 0 bridgehead atoms. The highest BCUT2D eigenvalue weighted by atomic mass is 35.5. The highest BCUT2D eigenvalue weighted by Crippen LogP contribution is 2.19. The second kappa shape index (κ2) is 5.14. The molecule has 17 heavy (non-hydrogen) atoms. The Morgan fingerprint density at radius 2 is 2.18 bits per heavy atom. The Morgan fingerprint density at radius 3 is 2.65 bits per heavy atom. The van der Waals surface area contributed by atoms with Gasteiger partial charge in [-0.15, -0.1) is 0 Å². The molecule has 0 spiro atoms. The van der Waals surface area contributed by atoms with E-state index in [2.05, 4.69) is 0 Å². The summed E-state index contributed by atoms with van der Waals surface area (Å²) in [4.78, 5) is 10.1. The zero-order valence-electron chi connectivity index (χ0n) is 8.34. The molecule has 90 valence electrons. The van der Waals surface area contributed by atoms with E-state index >= 15 is 0 Å². The molecule has 0 saturated heterocycles. The number of sulfonamides is 1. The summed E-state index contributed by atoms with van der Waals surface area (Å²) >= 11 is 5.67. The van der Waals surface area contributed by atoms with Gasteiger partial charge in [0, 0.05) is 0 Å². The summed E-state index contributed by atoms with van der Waals surface area (Å²) in [5, 5.41) is 17.0. The lowest BCUT2D eigenvalue weighted by Gasteiger charge is -2.05. The largest absolute Gasteiger partial charge is 0.480 e. The monoisotopic (exact) mass is 274 g/mol. The summed E-state index contributed by atoms with van der Waals surface area (Å²) in [6.45, 7) is -0.722. The van der Waals surface area contributed by atoms with Crippen LogP contribution < -0.4 is 4.72 Å². The summed E-state index contributed by atoms with van der Waals surface area (Å²) in [5.74, 6) is -1.30. The topological polar surface area (TPSA) is 107 Å². The van der Waals surface area contributed by atoms with E-state index < -0.39 is 22.5 Å². The van der Waals surface area contributed by atoms with Gasteiger partial charge in [0.15, 0.2) is 0 Å². The fraction of sp³-hybridized carbons (Fsp3) is 0.111. The van der Waals surface area contributed by atoms with E-state index in [-0.39, 0.29) is 15.5 Å². The number of benzene rings is 1. The van der Waals surface area contributed by atoms with E-state index in [4.69, 9.17) is 22.0 Å². The molecule has 0 aromatic heterocycles. The summed E-state index contributed by atoms with van der Waals surface area (Å²) in [5.41, 5.74) is 0.142. The predicted molar refractivity (Wildman–Crippen MR) is 59.0 cm³/mol. The average molecular weight is 275 g/mol. The highest BCUT2D eigenvalue weighted by Gasteiger charge is 2.16. The van der Waals surface area contributed by atoms with Gasteiger partial charge >= 0.3 is 5.97 Å². The minimum atomic E-state index is -3.93. The number of carboxylic acid groups (broad SMARTS) is 1. The second-order valence-electron chi connectivity index (χ2n) is 2.97. The molecule has 0 unspecified atom stereocenters. The number of aliphatic carboxylic acids is 1. The van der Waals surface area contributed by atoms with Gasteiger partial charge in [-0.2, -0.15) is 9.98 Å². The smallest absolute Gasteiger partial charge is 0.318 e. The Morgan fingerprint density at radius 1 is 1.53 bits per heavy atom. The molecular formula is C9H7ClN2O4S. The zero-order valence-corrected chi connectivity index (χ0v) is 9.92. The lowest BCUT2D eigenvalue weighted by Crippen LogP contribution is -2.29. The summed E-state index contributed by atoms with van der Waals surface area (Å²) < 4.78 is 25.0. The molecule has 0 aliphatic rings. The van der Waals surface area contributed by atoms with Gasteiger partial charge < -0.3 is 5.11 Å². The van der Waals surface area contributed by atoms with Crippen LogP contribution in [0.15, 0.2) is 23.1 Å². The SMILES string of the molecule is N#Cc1ccc(S(=O)(=O)NCC(=O)O)cc1Cl. The molecule has 0 heterocycles.